The lowest BCUT2D eigenvalue weighted by Crippen LogP contribution is -2.46. The van der Waals surface area contributed by atoms with Gasteiger partial charge in [-0.25, -0.2) is 12.8 Å². The highest BCUT2D eigenvalue weighted by Gasteiger charge is 2.47. The molecule has 1 saturated heterocycles. The first kappa shape index (κ1) is 24.7. The van der Waals surface area contributed by atoms with Gasteiger partial charge in [-0.3, -0.25) is 4.31 Å². The van der Waals surface area contributed by atoms with Crippen molar-refractivity contribution in [1.82, 2.24) is 10.2 Å². The summed E-state index contributed by atoms with van der Waals surface area (Å²) in [6.07, 6.45) is 3.80. The van der Waals surface area contributed by atoms with Crippen LogP contribution in [0.5, 0.6) is 0 Å². The van der Waals surface area contributed by atoms with Gasteiger partial charge in [-0.1, -0.05) is 29.3 Å². The molecule has 1 unspecified atom stereocenters. The van der Waals surface area contributed by atoms with Crippen LogP contribution in [0.3, 0.4) is 0 Å². The second kappa shape index (κ2) is 9.70. The van der Waals surface area contributed by atoms with Crippen LogP contribution in [0.1, 0.15) is 36.3 Å². The van der Waals surface area contributed by atoms with E-state index >= 15 is 0 Å². The van der Waals surface area contributed by atoms with Gasteiger partial charge in [-0.2, -0.15) is 0 Å². The summed E-state index contributed by atoms with van der Waals surface area (Å²) in [4.78, 5) is 2.42. The van der Waals surface area contributed by atoms with Crippen molar-refractivity contribution in [3.05, 3.63) is 63.4 Å². The number of halogens is 3. The first-order chi connectivity index (χ1) is 15.6. The fraction of sp³-hybridized carbons (Fsp3) is 0.500. The Morgan fingerprint density at radius 3 is 2.48 bits per heavy atom. The lowest BCUT2D eigenvalue weighted by molar-refractivity contribution is 0.163. The minimum Gasteiger partial charge on any atom is -0.319 e. The lowest BCUT2D eigenvalue weighted by Gasteiger charge is -2.40. The minimum atomic E-state index is -3.41. The Morgan fingerprint density at radius 2 is 1.85 bits per heavy atom. The standard InChI is InChI=1S/C24H30Cl2FN3O2S/c1-28-15-18(17-3-5-21(25)22(26)13-17)7-10-29-11-8-24(9-12-29)16-30(33(2,31)32)23-6-4-19(27)14-20(23)24/h3-6,13-14,18,28H,7-12,15-16H2,1-2H3. The molecule has 1 N–H and O–H groups in total. The number of sulfonamides is 1. The van der Waals surface area contributed by atoms with E-state index in [-0.39, 0.29) is 11.2 Å². The van der Waals surface area contributed by atoms with Crippen LogP contribution in [0.2, 0.25) is 10.0 Å². The molecule has 1 fully saturated rings. The van der Waals surface area contributed by atoms with Crippen LogP contribution >= 0.6 is 23.2 Å². The molecule has 0 aromatic heterocycles. The maximum Gasteiger partial charge on any atom is 0.232 e. The van der Waals surface area contributed by atoms with Crippen molar-refractivity contribution in [3.63, 3.8) is 0 Å². The molecule has 4 rings (SSSR count). The Labute approximate surface area is 205 Å². The predicted molar refractivity (Wildman–Crippen MR) is 134 cm³/mol. The van der Waals surface area contributed by atoms with Crippen LogP contribution in [0.4, 0.5) is 10.1 Å². The number of nitrogens with one attached hydrogen (secondary N) is 1. The van der Waals surface area contributed by atoms with Gasteiger partial charge in [0.2, 0.25) is 10.0 Å². The molecular weight excluding hydrogens is 484 g/mol. The monoisotopic (exact) mass is 513 g/mol. The number of nitrogens with zero attached hydrogens (tertiary/aromatic N) is 2. The van der Waals surface area contributed by atoms with Crippen molar-refractivity contribution in [2.75, 3.05) is 50.3 Å². The molecule has 2 aliphatic rings. The number of benzene rings is 2. The second-order valence-corrected chi connectivity index (χ2v) is 12.0. The van der Waals surface area contributed by atoms with Crippen molar-refractivity contribution >= 4 is 38.9 Å². The molecule has 0 amide bonds. The minimum absolute atomic E-state index is 0.308. The number of likely N-dealkylation sites (tertiary alicyclic amines) is 1. The maximum atomic E-state index is 14.1. The average Bonchev–Trinajstić information content (AvgIpc) is 3.08. The van der Waals surface area contributed by atoms with E-state index < -0.39 is 10.0 Å². The Balaban J connectivity index is 1.44. The molecule has 180 valence electrons. The van der Waals surface area contributed by atoms with Crippen LogP contribution < -0.4 is 9.62 Å². The first-order valence-electron chi connectivity index (χ1n) is 11.2. The van der Waals surface area contributed by atoms with E-state index in [1.165, 1.54) is 22.7 Å². The predicted octanol–water partition coefficient (Wildman–Crippen LogP) is 4.64. The number of likely N-dealkylation sites (N-methyl/N-ethyl adjacent to an activating group) is 1. The van der Waals surface area contributed by atoms with E-state index in [4.69, 9.17) is 23.2 Å². The summed E-state index contributed by atoms with van der Waals surface area (Å²) < 4.78 is 40.3. The van der Waals surface area contributed by atoms with Crippen molar-refractivity contribution in [2.24, 2.45) is 0 Å². The molecule has 1 spiro atoms. The van der Waals surface area contributed by atoms with Gasteiger partial charge in [0.15, 0.2) is 0 Å². The molecular formula is C24H30Cl2FN3O2S. The molecule has 5 nitrogen and oxygen atoms in total. The molecule has 2 heterocycles. The zero-order valence-corrected chi connectivity index (χ0v) is 21.3. The number of fused-ring (bicyclic) bond motifs is 2. The summed E-state index contributed by atoms with van der Waals surface area (Å²) in [5.74, 6) is -0.00915. The Morgan fingerprint density at radius 1 is 1.12 bits per heavy atom. The van der Waals surface area contributed by atoms with Gasteiger partial charge in [0.05, 0.1) is 22.0 Å². The summed E-state index contributed by atoms with van der Waals surface area (Å²) in [6, 6.07) is 10.3. The van der Waals surface area contributed by atoms with Gasteiger partial charge in [-0.05, 0) is 93.3 Å². The summed E-state index contributed by atoms with van der Waals surface area (Å²) in [7, 11) is -1.47. The van der Waals surface area contributed by atoms with E-state index in [9.17, 15) is 12.8 Å². The zero-order valence-electron chi connectivity index (χ0n) is 19.0. The van der Waals surface area contributed by atoms with E-state index in [0.717, 1.165) is 56.6 Å². The zero-order chi connectivity index (χ0) is 23.8. The highest BCUT2D eigenvalue weighted by molar-refractivity contribution is 7.92. The highest BCUT2D eigenvalue weighted by atomic mass is 35.5. The molecule has 0 saturated carbocycles. The third kappa shape index (κ3) is 5.17. The SMILES string of the molecule is CNCC(CCN1CCC2(CC1)CN(S(C)(=O)=O)c1ccc(F)cc12)c1ccc(Cl)c(Cl)c1. The topological polar surface area (TPSA) is 52.6 Å². The van der Waals surface area contributed by atoms with Crippen molar-refractivity contribution in [3.8, 4) is 0 Å². The molecule has 1 atom stereocenters. The first-order valence-corrected chi connectivity index (χ1v) is 13.8. The van der Waals surface area contributed by atoms with Gasteiger partial charge in [-0.15, -0.1) is 0 Å². The quantitative estimate of drug-likeness (QED) is 0.585. The molecule has 0 aliphatic carbocycles. The summed E-state index contributed by atoms with van der Waals surface area (Å²) >= 11 is 12.3. The normalized spacial score (nSPS) is 19.1. The van der Waals surface area contributed by atoms with Crippen molar-refractivity contribution < 1.29 is 12.8 Å². The van der Waals surface area contributed by atoms with Gasteiger partial charge < -0.3 is 10.2 Å². The summed E-state index contributed by atoms with van der Waals surface area (Å²) in [5, 5.41) is 4.39. The smallest absolute Gasteiger partial charge is 0.232 e. The number of anilines is 1. The largest absolute Gasteiger partial charge is 0.319 e. The van der Waals surface area contributed by atoms with Crippen LogP contribution in [-0.4, -0.2) is 59.3 Å². The van der Waals surface area contributed by atoms with Crippen LogP contribution in [0.25, 0.3) is 0 Å². The Kier molecular flexibility index (Phi) is 7.27. The summed E-state index contributed by atoms with van der Waals surface area (Å²) in [5.41, 5.74) is 2.29. The van der Waals surface area contributed by atoms with Gasteiger partial charge in [0.1, 0.15) is 5.82 Å². The Bertz CT molecular complexity index is 1120. The molecule has 2 aromatic rings. The van der Waals surface area contributed by atoms with E-state index in [0.29, 0.717) is 28.2 Å². The highest BCUT2D eigenvalue weighted by Crippen LogP contribution is 2.48. The number of piperidine rings is 1. The third-order valence-corrected chi connectivity index (χ3v) is 8.98. The number of hydrogen-bond donors (Lipinski definition) is 1. The van der Waals surface area contributed by atoms with Gasteiger partial charge >= 0.3 is 0 Å². The molecule has 0 radical (unpaired) electrons. The molecule has 0 bridgehead atoms. The second-order valence-electron chi connectivity index (χ2n) is 9.27. The van der Waals surface area contributed by atoms with E-state index in [1.54, 1.807) is 6.07 Å². The fourth-order valence-electron chi connectivity index (χ4n) is 5.26. The van der Waals surface area contributed by atoms with Gasteiger partial charge in [0, 0.05) is 18.5 Å². The number of rotatable bonds is 7. The van der Waals surface area contributed by atoms with Crippen LogP contribution in [0, 0.1) is 5.82 Å². The molecule has 33 heavy (non-hydrogen) atoms. The van der Waals surface area contributed by atoms with Gasteiger partial charge in [0.25, 0.3) is 0 Å². The molecule has 2 aliphatic heterocycles. The number of hydrogen-bond acceptors (Lipinski definition) is 4. The summed E-state index contributed by atoms with van der Waals surface area (Å²) in [6.45, 7) is 3.85. The van der Waals surface area contributed by atoms with Crippen LogP contribution in [0.15, 0.2) is 36.4 Å². The Hall–Kier alpha value is -1.38. The fourth-order valence-corrected chi connectivity index (χ4v) is 6.57. The van der Waals surface area contributed by atoms with Crippen LogP contribution in [-0.2, 0) is 15.4 Å². The molecule has 9 heteroatoms. The van der Waals surface area contributed by atoms with Crippen molar-refractivity contribution in [1.29, 1.82) is 0 Å². The third-order valence-electron chi connectivity index (χ3n) is 7.12. The van der Waals surface area contributed by atoms with Crippen molar-refractivity contribution in [2.45, 2.75) is 30.6 Å². The average molecular weight is 514 g/mol. The molecule has 2 aromatic carbocycles. The van der Waals surface area contributed by atoms with E-state index in [2.05, 4.69) is 10.2 Å². The van der Waals surface area contributed by atoms with E-state index in [1.807, 2.05) is 25.2 Å². The maximum absolute atomic E-state index is 14.1. The lowest BCUT2D eigenvalue weighted by atomic mass is 9.74.